The van der Waals surface area contributed by atoms with Gasteiger partial charge in [0.05, 0.1) is 16.0 Å². The van der Waals surface area contributed by atoms with E-state index in [9.17, 15) is 14.4 Å². The van der Waals surface area contributed by atoms with Crippen LogP contribution in [0.1, 0.15) is 6.92 Å². The molecule has 27 heavy (non-hydrogen) atoms. The van der Waals surface area contributed by atoms with Crippen LogP contribution in [0.15, 0.2) is 65.6 Å². The number of carboxylic acid groups (broad SMARTS) is 1. The zero-order valence-electron chi connectivity index (χ0n) is 14.3. The van der Waals surface area contributed by atoms with E-state index in [-0.39, 0.29) is 5.91 Å². The smallest absolute Gasteiger partial charge is 0.328 e. The summed E-state index contributed by atoms with van der Waals surface area (Å²) in [6.45, 7) is 1.76. The van der Waals surface area contributed by atoms with Gasteiger partial charge in [0.15, 0.2) is 0 Å². The minimum absolute atomic E-state index is 0.202. The lowest BCUT2D eigenvalue weighted by Gasteiger charge is -2.13. The average Bonchev–Trinajstić information content (AvgIpc) is 2.62. The Bertz CT molecular complexity index is 886. The third kappa shape index (κ3) is 6.80. The van der Waals surface area contributed by atoms with E-state index in [4.69, 9.17) is 16.7 Å². The third-order valence-corrected chi connectivity index (χ3v) is 4.72. The fourth-order valence-electron chi connectivity index (χ4n) is 2.03. The van der Waals surface area contributed by atoms with E-state index in [0.29, 0.717) is 16.4 Å². The van der Waals surface area contributed by atoms with E-state index in [1.54, 1.807) is 49.4 Å². The number of anilines is 2. The summed E-state index contributed by atoms with van der Waals surface area (Å²) in [5, 5.41) is 13.9. The Kier molecular flexibility index (Phi) is 7.45. The molecule has 0 spiro atoms. The van der Waals surface area contributed by atoms with Gasteiger partial charge in [-0.1, -0.05) is 29.8 Å². The van der Waals surface area contributed by atoms with Crippen molar-refractivity contribution in [2.45, 2.75) is 17.1 Å². The molecule has 2 rings (SSSR count). The lowest BCUT2D eigenvalue weighted by atomic mass is 10.3. The van der Waals surface area contributed by atoms with Gasteiger partial charge in [-0.25, -0.2) is 4.79 Å². The quantitative estimate of drug-likeness (QED) is 0.478. The Labute approximate surface area is 165 Å². The number of nitrogens with one attached hydrogen (secondary N) is 2. The van der Waals surface area contributed by atoms with Gasteiger partial charge < -0.3 is 15.7 Å². The molecular weight excluding hydrogens is 388 g/mol. The molecule has 0 heterocycles. The Morgan fingerprint density at radius 1 is 1.07 bits per heavy atom. The van der Waals surface area contributed by atoms with Crippen LogP contribution in [-0.4, -0.2) is 28.1 Å². The van der Waals surface area contributed by atoms with Crippen LogP contribution < -0.4 is 10.6 Å². The summed E-state index contributed by atoms with van der Waals surface area (Å²) in [5.74, 6) is -1.95. The highest BCUT2D eigenvalue weighted by atomic mass is 35.5. The molecule has 8 heteroatoms. The van der Waals surface area contributed by atoms with Gasteiger partial charge in [-0.15, -0.1) is 11.8 Å². The van der Waals surface area contributed by atoms with Crippen molar-refractivity contribution in [2.75, 3.05) is 10.6 Å². The number of halogens is 1. The van der Waals surface area contributed by atoms with E-state index < -0.39 is 17.1 Å². The highest BCUT2D eigenvalue weighted by molar-refractivity contribution is 8.00. The Morgan fingerprint density at radius 2 is 1.81 bits per heavy atom. The number of para-hydroxylation sites is 1. The van der Waals surface area contributed by atoms with Gasteiger partial charge in [0.2, 0.25) is 11.8 Å². The van der Waals surface area contributed by atoms with Crippen molar-refractivity contribution in [3.05, 3.63) is 65.7 Å². The molecule has 0 aliphatic heterocycles. The number of carbonyl (C=O) groups excluding carboxylic acids is 2. The molecule has 0 fully saturated rings. The van der Waals surface area contributed by atoms with Crippen molar-refractivity contribution in [3.8, 4) is 0 Å². The van der Waals surface area contributed by atoms with Gasteiger partial charge >= 0.3 is 5.97 Å². The summed E-state index contributed by atoms with van der Waals surface area (Å²) >= 11 is 7.36. The number of carbonyl (C=O) groups is 3. The molecule has 0 radical (unpaired) electrons. The number of hydrogen-bond acceptors (Lipinski definition) is 4. The van der Waals surface area contributed by atoms with E-state index in [1.807, 2.05) is 6.07 Å². The molecule has 0 aromatic heterocycles. The third-order valence-electron chi connectivity index (χ3n) is 3.29. The van der Waals surface area contributed by atoms with Crippen molar-refractivity contribution in [3.63, 3.8) is 0 Å². The van der Waals surface area contributed by atoms with Crippen molar-refractivity contribution < 1.29 is 19.5 Å². The number of rotatable bonds is 7. The van der Waals surface area contributed by atoms with Crippen molar-refractivity contribution in [1.29, 1.82) is 0 Å². The molecule has 0 saturated heterocycles. The minimum Gasteiger partial charge on any atom is -0.478 e. The predicted molar refractivity (Wildman–Crippen MR) is 107 cm³/mol. The zero-order valence-corrected chi connectivity index (χ0v) is 15.9. The molecule has 2 aromatic rings. The van der Waals surface area contributed by atoms with E-state index in [1.165, 1.54) is 11.8 Å². The standard InChI is InChI=1S/C19H17ClN2O4S/c1-12(19(26)22-16-8-3-2-7-15(16)20)27-14-6-4-5-13(11-14)21-17(23)9-10-18(24)25/h2-12H,1H3,(H,21,23)(H,22,26)(H,24,25)/b10-9+. The maximum absolute atomic E-state index is 12.4. The molecule has 3 N–H and O–H groups in total. The Morgan fingerprint density at radius 3 is 2.52 bits per heavy atom. The topological polar surface area (TPSA) is 95.5 Å². The summed E-state index contributed by atoms with van der Waals surface area (Å²) in [7, 11) is 0. The van der Waals surface area contributed by atoms with Crippen molar-refractivity contribution >= 4 is 52.5 Å². The van der Waals surface area contributed by atoms with Gasteiger partial charge in [0.1, 0.15) is 0 Å². The molecule has 140 valence electrons. The molecule has 1 unspecified atom stereocenters. The molecule has 0 aliphatic carbocycles. The van der Waals surface area contributed by atoms with E-state index in [0.717, 1.165) is 17.0 Å². The molecule has 0 bridgehead atoms. The predicted octanol–water partition coefficient (Wildman–Crippen LogP) is 4.04. The maximum Gasteiger partial charge on any atom is 0.328 e. The number of amides is 2. The highest BCUT2D eigenvalue weighted by Gasteiger charge is 2.16. The van der Waals surface area contributed by atoms with Crippen molar-refractivity contribution in [1.82, 2.24) is 0 Å². The fraction of sp³-hybridized carbons (Fsp3) is 0.105. The first-order valence-electron chi connectivity index (χ1n) is 7.89. The average molecular weight is 405 g/mol. The maximum atomic E-state index is 12.4. The Hall–Kier alpha value is -2.77. The summed E-state index contributed by atoms with van der Waals surface area (Å²) in [4.78, 5) is 35.2. The summed E-state index contributed by atoms with van der Waals surface area (Å²) in [6, 6.07) is 13.9. The Balaban J connectivity index is 1.98. The van der Waals surface area contributed by atoms with Crippen molar-refractivity contribution in [2.24, 2.45) is 0 Å². The second-order valence-corrected chi connectivity index (χ2v) is 7.24. The van der Waals surface area contributed by atoms with Crippen LogP contribution in [0, 0.1) is 0 Å². The molecule has 0 saturated carbocycles. The van der Waals surface area contributed by atoms with Gasteiger partial charge in [0, 0.05) is 22.7 Å². The van der Waals surface area contributed by atoms with Crippen LogP contribution in [0.25, 0.3) is 0 Å². The van der Waals surface area contributed by atoms with Gasteiger partial charge in [-0.05, 0) is 37.3 Å². The zero-order chi connectivity index (χ0) is 19.8. The summed E-state index contributed by atoms with van der Waals surface area (Å²) < 4.78 is 0. The second kappa shape index (κ2) is 9.80. The van der Waals surface area contributed by atoms with Crippen LogP contribution in [0.3, 0.4) is 0 Å². The van der Waals surface area contributed by atoms with Gasteiger partial charge in [-0.3, -0.25) is 9.59 Å². The molecule has 1 atom stereocenters. The summed E-state index contributed by atoms with van der Waals surface area (Å²) in [6.07, 6.45) is 1.69. The fourth-order valence-corrected chi connectivity index (χ4v) is 3.14. The largest absolute Gasteiger partial charge is 0.478 e. The van der Waals surface area contributed by atoms with Crippen LogP contribution in [0.5, 0.6) is 0 Å². The van der Waals surface area contributed by atoms with Gasteiger partial charge in [-0.2, -0.15) is 0 Å². The monoisotopic (exact) mass is 404 g/mol. The number of carboxylic acids is 1. The summed E-state index contributed by atoms with van der Waals surface area (Å²) in [5.41, 5.74) is 1.04. The molecule has 2 amide bonds. The SMILES string of the molecule is CC(Sc1cccc(NC(=O)/C=C/C(=O)O)c1)C(=O)Nc1ccccc1Cl. The van der Waals surface area contributed by atoms with Crippen LogP contribution >= 0.6 is 23.4 Å². The number of benzene rings is 2. The van der Waals surface area contributed by atoms with E-state index >= 15 is 0 Å². The first kappa shape index (κ1) is 20.5. The van der Waals surface area contributed by atoms with Crippen LogP contribution in [0.4, 0.5) is 11.4 Å². The van der Waals surface area contributed by atoms with Crippen LogP contribution in [0.2, 0.25) is 5.02 Å². The normalized spacial score (nSPS) is 11.8. The molecule has 0 aliphatic rings. The van der Waals surface area contributed by atoms with Crippen LogP contribution in [-0.2, 0) is 14.4 Å². The van der Waals surface area contributed by atoms with E-state index in [2.05, 4.69) is 10.6 Å². The first-order chi connectivity index (χ1) is 12.8. The number of hydrogen-bond donors (Lipinski definition) is 3. The first-order valence-corrected chi connectivity index (χ1v) is 9.15. The highest BCUT2D eigenvalue weighted by Crippen LogP contribution is 2.27. The minimum atomic E-state index is -1.20. The number of thioether (sulfide) groups is 1. The molecular formula is C19H17ClN2O4S. The molecule has 6 nitrogen and oxygen atoms in total. The van der Waals surface area contributed by atoms with Gasteiger partial charge in [0.25, 0.3) is 0 Å². The second-order valence-electron chi connectivity index (χ2n) is 5.42. The lowest BCUT2D eigenvalue weighted by molar-refractivity contribution is -0.131. The number of aliphatic carboxylic acids is 1. The molecule has 2 aromatic carbocycles. The lowest BCUT2D eigenvalue weighted by Crippen LogP contribution is -2.22.